The van der Waals surface area contributed by atoms with Crippen LogP contribution in [0.5, 0.6) is 0 Å². The van der Waals surface area contributed by atoms with Crippen LogP contribution in [0.2, 0.25) is 0 Å². The third-order valence-electron chi connectivity index (χ3n) is 3.12. The van der Waals surface area contributed by atoms with Gasteiger partial charge in [0.2, 0.25) is 0 Å². The molecule has 0 aliphatic rings. The monoisotopic (exact) mass is 242 g/mol. The summed E-state index contributed by atoms with van der Waals surface area (Å²) < 4.78 is 0. The molecule has 0 fully saturated rings. The molecule has 0 saturated carbocycles. The highest BCUT2D eigenvalue weighted by atomic mass is 16.2. The molecule has 0 bridgehead atoms. The fourth-order valence-electron chi connectivity index (χ4n) is 1.72. The van der Waals surface area contributed by atoms with Crippen molar-refractivity contribution in [3.8, 4) is 0 Å². The van der Waals surface area contributed by atoms with Gasteiger partial charge in [-0.25, -0.2) is 4.79 Å². The van der Waals surface area contributed by atoms with Gasteiger partial charge in [-0.1, -0.05) is 27.2 Å². The number of amides is 2. The zero-order chi connectivity index (χ0) is 13.6. The zero-order valence-electron chi connectivity index (χ0n) is 12.7. The molecule has 0 N–H and O–H groups in total. The Balaban J connectivity index is 4.75. The fourth-order valence-corrected chi connectivity index (χ4v) is 1.72. The Morgan fingerprint density at radius 1 is 1.24 bits per heavy atom. The topological polar surface area (TPSA) is 23.6 Å². The number of carbonyl (C=O) groups is 1. The van der Waals surface area contributed by atoms with Crippen LogP contribution in [0.3, 0.4) is 0 Å². The van der Waals surface area contributed by atoms with Gasteiger partial charge in [-0.15, -0.1) is 0 Å². The Hall–Kier alpha value is -0.730. The lowest BCUT2D eigenvalue weighted by Crippen LogP contribution is -2.52. The van der Waals surface area contributed by atoms with Gasteiger partial charge in [-0.2, -0.15) is 0 Å². The molecule has 17 heavy (non-hydrogen) atoms. The van der Waals surface area contributed by atoms with Crippen LogP contribution in [0.15, 0.2) is 0 Å². The van der Waals surface area contributed by atoms with Crippen molar-refractivity contribution in [2.24, 2.45) is 5.92 Å². The molecule has 0 aliphatic heterocycles. The maximum Gasteiger partial charge on any atom is 0.320 e. The van der Waals surface area contributed by atoms with Crippen LogP contribution in [0, 0.1) is 5.92 Å². The molecule has 0 radical (unpaired) electrons. The van der Waals surface area contributed by atoms with Gasteiger partial charge >= 0.3 is 6.03 Å². The van der Waals surface area contributed by atoms with Gasteiger partial charge in [-0.3, -0.25) is 0 Å². The van der Waals surface area contributed by atoms with E-state index in [1.807, 2.05) is 16.8 Å². The first kappa shape index (κ1) is 16.3. The molecule has 0 aromatic rings. The second kappa shape index (κ2) is 6.87. The second-order valence-corrected chi connectivity index (χ2v) is 6.00. The molecule has 0 heterocycles. The number of urea groups is 1. The largest absolute Gasteiger partial charge is 0.328 e. The van der Waals surface area contributed by atoms with Crippen LogP contribution < -0.4 is 0 Å². The number of hydrogen-bond acceptors (Lipinski definition) is 1. The van der Waals surface area contributed by atoms with Gasteiger partial charge in [-0.05, 0) is 33.1 Å². The fraction of sp³-hybridized carbons (Fsp3) is 0.929. The van der Waals surface area contributed by atoms with Crippen molar-refractivity contribution in [2.75, 3.05) is 20.1 Å². The summed E-state index contributed by atoms with van der Waals surface area (Å²) in [4.78, 5) is 16.2. The first-order valence-corrected chi connectivity index (χ1v) is 6.76. The van der Waals surface area contributed by atoms with Crippen LogP contribution in [0.4, 0.5) is 4.79 Å². The van der Waals surface area contributed by atoms with E-state index in [1.54, 1.807) is 0 Å². The lowest BCUT2D eigenvalue weighted by atomic mass is 10.0. The minimum atomic E-state index is -0.109. The maximum atomic E-state index is 12.4. The smallest absolute Gasteiger partial charge is 0.320 e. The zero-order valence-corrected chi connectivity index (χ0v) is 12.7. The predicted octanol–water partition coefficient (Wildman–Crippen LogP) is 3.59. The van der Waals surface area contributed by atoms with E-state index < -0.39 is 0 Å². The highest BCUT2D eigenvalue weighted by Crippen LogP contribution is 2.18. The molecule has 0 saturated heterocycles. The van der Waals surface area contributed by atoms with Crippen molar-refractivity contribution >= 4 is 6.03 Å². The average Bonchev–Trinajstić information content (AvgIpc) is 2.23. The van der Waals surface area contributed by atoms with Gasteiger partial charge < -0.3 is 9.80 Å². The number of rotatable bonds is 5. The van der Waals surface area contributed by atoms with Crippen molar-refractivity contribution < 1.29 is 4.79 Å². The normalized spacial score (nSPS) is 13.4. The van der Waals surface area contributed by atoms with E-state index in [2.05, 4.69) is 41.5 Å². The van der Waals surface area contributed by atoms with Crippen LogP contribution in [0.1, 0.15) is 54.4 Å². The average molecular weight is 242 g/mol. The summed E-state index contributed by atoms with van der Waals surface area (Å²) in [5.74, 6) is 0.549. The number of carbonyl (C=O) groups excluding carboxylic acids is 1. The van der Waals surface area contributed by atoms with Crippen LogP contribution >= 0.6 is 0 Å². The Morgan fingerprint density at radius 2 is 1.76 bits per heavy atom. The molecule has 0 spiro atoms. The summed E-state index contributed by atoms with van der Waals surface area (Å²) in [6.07, 6.45) is 2.11. The Kier molecular flexibility index (Phi) is 6.58. The van der Waals surface area contributed by atoms with E-state index in [9.17, 15) is 4.79 Å². The Labute approximate surface area is 107 Å². The third kappa shape index (κ3) is 5.42. The summed E-state index contributed by atoms with van der Waals surface area (Å²) in [6, 6.07) is 0.152. The van der Waals surface area contributed by atoms with Gasteiger partial charge in [0.25, 0.3) is 0 Å². The minimum Gasteiger partial charge on any atom is -0.328 e. The molecule has 1 unspecified atom stereocenters. The molecule has 3 nitrogen and oxygen atoms in total. The summed E-state index contributed by atoms with van der Waals surface area (Å²) in [5, 5.41) is 0. The minimum absolute atomic E-state index is 0.109. The van der Waals surface area contributed by atoms with Crippen molar-refractivity contribution in [1.82, 2.24) is 9.80 Å². The molecular weight excluding hydrogens is 212 g/mol. The van der Waals surface area contributed by atoms with Crippen molar-refractivity contribution in [3.05, 3.63) is 0 Å². The first-order valence-electron chi connectivity index (χ1n) is 6.76. The third-order valence-corrected chi connectivity index (χ3v) is 3.12. The summed E-state index contributed by atoms with van der Waals surface area (Å²) >= 11 is 0. The van der Waals surface area contributed by atoms with E-state index >= 15 is 0 Å². The number of hydrogen-bond donors (Lipinski definition) is 0. The highest BCUT2D eigenvalue weighted by molar-refractivity contribution is 5.75. The van der Waals surface area contributed by atoms with Crippen molar-refractivity contribution in [1.29, 1.82) is 0 Å². The second-order valence-electron chi connectivity index (χ2n) is 6.00. The lowest BCUT2D eigenvalue weighted by molar-refractivity contribution is 0.105. The SMILES string of the molecule is CCCN(C)C(=O)N(CC(C)CC)C(C)(C)C. The standard InChI is InChI=1S/C14H30N2O/c1-8-10-15(7)13(17)16(14(4,5)6)11-12(3)9-2/h12H,8-11H2,1-7H3. The Bertz CT molecular complexity index is 233. The van der Waals surface area contributed by atoms with E-state index in [-0.39, 0.29) is 11.6 Å². The van der Waals surface area contributed by atoms with Gasteiger partial charge in [0, 0.05) is 25.7 Å². The van der Waals surface area contributed by atoms with E-state index in [0.29, 0.717) is 5.92 Å². The summed E-state index contributed by atoms with van der Waals surface area (Å²) in [5.41, 5.74) is -0.109. The van der Waals surface area contributed by atoms with E-state index in [1.165, 1.54) is 0 Å². The molecular formula is C14H30N2O. The molecule has 2 amide bonds. The van der Waals surface area contributed by atoms with Gasteiger partial charge in [0.15, 0.2) is 0 Å². The molecule has 3 heteroatoms. The van der Waals surface area contributed by atoms with Gasteiger partial charge in [0.05, 0.1) is 0 Å². The summed E-state index contributed by atoms with van der Waals surface area (Å²) in [6.45, 7) is 14.4. The van der Waals surface area contributed by atoms with E-state index in [4.69, 9.17) is 0 Å². The lowest BCUT2D eigenvalue weighted by Gasteiger charge is -2.39. The predicted molar refractivity (Wildman–Crippen MR) is 74.2 cm³/mol. The van der Waals surface area contributed by atoms with Crippen molar-refractivity contribution in [3.63, 3.8) is 0 Å². The molecule has 0 aliphatic carbocycles. The first-order chi connectivity index (χ1) is 7.73. The number of nitrogens with zero attached hydrogens (tertiary/aromatic N) is 2. The molecule has 102 valence electrons. The molecule has 0 aromatic heterocycles. The summed E-state index contributed by atoms with van der Waals surface area (Å²) in [7, 11) is 1.89. The van der Waals surface area contributed by atoms with E-state index in [0.717, 1.165) is 25.9 Å². The molecule has 0 rings (SSSR count). The Morgan fingerprint density at radius 3 is 2.12 bits per heavy atom. The highest BCUT2D eigenvalue weighted by Gasteiger charge is 2.29. The van der Waals surface area contributed by atoms with Crippen LogP contribution in [-0.4, -0.2) is 41.5 Å². The van der Waals surface area contributed by atoms with Crippen LogP contribution in [-0.2, 0) is 0 Å². The van der Waals surface area contributed by atoms with Crippen molar-refractivity contribution in [2.45, 2.75) is 59.9 Å². The molecule has 0 aromatic carbocycles. The molecule has 1 atom stereocenters. The van der Waals surface area contributed by atoms with Crippen LogP contribution in [0.25, 0.3) is 0 Å². The maximum absolute atomic E-state index is 12.4. The quantitative estimate of drug-likeness (QED) is 0.722. The van der Waals surface area contributed by atoms with Gasteiger partial charge in [0.1, 0.15) is 0 Å².